The first-order chi connectivity index (χ1) is 3.39. The van der Waals surface area contributed by atoms with Crippen molar-refractivity contribution in [3.63, 3.8) is 0 Å². The van der Waals surface area contributed by atoms with E-state index in [1.165, 1.54) is 0 Å². The van der Waals surface area contributed by atoms with Gasteiger partial charge in [0.2, 0.25) is 0 Å². The minimum absolute atomic E-state index is 0.936. The maximum absolute atomic E-state index is 4.83. The topological polar surface area (TPSA) is 0 Å². The van der Waals surface area contributed by atoms with Gasteiger partial charge in [-0.3, -0.25) is 0 Å². The van der Waals surface area contributed by atoms with Gasteiger partial charge in [-0.05, 0) is 18.6 Å². The van der Waals surface area contributed by atoms with E-state index in [4.69, 9.17) is 12.2 Å². The molecule has 0 saturated heterocycles. The molecule has 0 aromatic rings. The van der Waals surface area contributed by atoms with Crippen molar-refractivity contribution in [1.29, 1.82) is 0 Å². The average molecular weight is 110 g/mol. The van der Waals surface area contributed by atoms with Crippen LogP contribution in [0.1, 0.15) is 6.42 Å². The van der Waals surface area contributed by atoms with Crippen LogP contribution in [0.5, 0.6) is 0 Å². The average Bonchev–Trinajstić information content (AvgIpc) is 1.69. The van der Waals surface area contributed by atoms with Crippen molar-refractivity contribution in [2.45, 2.75) is 6.42 Å². The number of rotatable bonds is 0. The van der Waals surface area contributed by atoms with Gasteiger partial charge in [-0.2, -0.15) is 0 Å². The zero-order chi connectivity index (χ0) is 5.11. The summed E-state index contributed by atoms with van der Waals surface area (Å²) in [6, 6.07) is 0. The third-order valence-electron chi connectivity index (χ3n) is 0.836. The van der Waals surface area contributed by atoms with Gasteiger partial charge in [0.05, 0.1) is 0 Å². The summed E-state index contributed by atoms with van der Waals surface area (Å²) in [6.45, 7) is 0. The number of hydrogen-bond acceptors (Lipinski definition) is 1. The molecule has 0 bridgehead atoms. The maximum atomic E-state index is 4.83. The highest BCUT2D eigenvalue weighted by Crippen LogP contribution is 1.96. The molecule has 0 spiro atoms. The summed E-state index contributed by atoms with van der Waals surface area (Å²) in [4.78, 5) is 0.936. The minimum Gasteiger partial charge on any atom is -0.0801 e. The lowest BCUT2D eigenvalue weighted by Crippen LogP contribution is -1.83. The molecule has 0 unspecified atom stereocenters. The van der Waals surface area contributed by atoms with Crippen LogP contribution in [0.2, 0.25) is 0 Å². The molecule has 0 aliphatic heterocycles. The third kappa shape index (κ3) is 1.24. The van der Waals surface area contributed by atoms with Gasteiger partial charge in [0.15, 0.2) is 0 Å². The molecule has 36 valence electrons. The van der Waals surface area contributed by atoms with Gasteiger partial charge >= 0.3 is 0 Å². The number of thiocarbonyl (C=S) groups is 1. The van der Waals surface area contributed by atoms with Gasteiger partial charge in [-0.25, -0.2) is 0 Å². The van der Waals surface area contributed by atoms with Crippen molar-refractivity contribution >= 4 is 17.1 Å². The molecule has 0 radical (unpaired) electrons. The molecule has 0 heterocycles. The summed E-state index contributed by atoms with van der Waals surface area (Å²) in [5.41, 5.74) is 0. The summed E-state index contributed by atoms with van der Waals surface area (Å²) < 4.78 is 0. The van der Waals surface area contributed by atoms with Crippen molar-refractivity contribution in [1.82, 2.24) is 0 Å². The fourth-order valence-electron chi connectivity index (χ4n) is 0.503. The van der Waals surface area contributed by atoms with Gasteiger partial charge in [-0.15, -0.1) is 0 Å². The molecule has 7 heavy (non-hydrogen) atoms. The van der Waals surface area contributed by atoms with Crippen LogP contribution in [0.3, 0.4) is 0 Å². The van der Waals surface area contributed by atoms with Crippen LogP contribution in [0.25, 0.3) is 0 Å². The molecule has 1 aliphatic rings. The first-order valence-corrected chi connectivity index (χ1v) is 2.67. The molecule has 0 aromatic heterocycles. The first kappa shape index (κ1) is 4.72. The monoisotopic (exact) mass is 110 g/mol. The standard InChI is InChI=1S/C6H6S/c7-6-4-2-1-3-5-6/h2-5H,1H2. The first-order valence-electron chi connectivity index (χ1n) is 2.26. The Bertz CT molecular complexity index is 117. The number of allylic oxidation sites excluding steroid dienone is 4. The molecule has 0 N–H and O–H groups in total. The zero-order valence-electron chi connectivity index (χ0n) is 3.92. The largest absolute Gasteiger partial charge is 0.0801 e. The fourth-order valence-corrected chi connectivity index (χ4v) is 0.695. The second-order valence-corrected chi connectivity index (χ2v) is 1.91. The molecular formula is C6H6S. The van der Waals surface area contributed by atoms with Crippen molar-refractivity contribution in [3.05, 3.63) is 24.3 Å². The van der Waals surface area contributed by atoms with Crippen LogP contribution in [-0.2, 0) is 0 Å². The zero-order valence-corrected chi connectivity index (χ0v) is 4.74. The Labute approximate surface area is 48.5 Å². The predicted molar refractivity (Wildman–Crippen MR) is 35.5 cm³/mol. The van der Waals surface area contributed by atoms with Gasteiger partial charge in [-0.1, -0.05) is 24.4 Å². The van der Waals surface area contributed by atoms with Crippen LogP contribution >= 0.6 is 12.2 Å². The fraction of sp³-hybridized carbons (Fsp3) is 0.167. The molecule has 0 aromatic carbocycles. The predicted octanol–water partition coefficient (Wildman–Crippen LogP) is 1.87. The molecule has 0 nitrogen and oxygen atoms in total. The summed E-state index contributed by atoms with van der Waals surface area (Å²) in [6.07, 6.45) is 9.06. The van der Waals surface area contributed by atoms with Gasteiger partial charge in [0.25, 0.3) is 0 Å². The van der Waals surface area contributed by atoms with Gasteiger partial charge in [0.1, 0.15) is 0 Å². The van der Waals surface area contributed by atoms with Crippen LogP contribution in [0.4, 0.5) is 0 Å². The van der Waals surface area contributed by atoms with Crippen LogP contribution in [0.15, 0.2) is 24.3 Å². The van der Waals surface area contributed by atoms with E-state index >= 15 is 0 Å². The van der Waals surface area contributed by atoms with Crippen molar-refractivity contribution in [2.75, 3.05) is 0 Å². The van der Waals surface area contributed by atoms with Crippen LogP contribution in [0, 0.1) is 0 Å². The summed E-state index contributed by atoms with van der Waals surface area (Å²) in [5.74, 6) is 0. The van der Waals surface area contributed by atoms with E-state index in [1.54, 1.807) is 0 Å². The maximum Gasteiger partial charge on any atom is 0.0370 e. The highest BCUT2D eigenvalue weighted by Gasteiger charge is 1.84. The molecular weight excluding hydrogens is 104 g/mol. The Kier molecular flexibility index (Phi) is 1.37. The smallest absolute Gasteiger partial charge is 0.0370 e. The van der Waals surface area contributed by atoms with Crippen LogP contribution < -0.4 is 0 Å². The second kappa shape index (κ2) is 2.03. The van der Waals surface area contributed by atoms with Gasteiger partial charge in [0, 0.05) is 4.86 Å². The highest BCUT2D eigenvalue weighted by atomic mass is 32.1. The van der Waals surface area contributed by atoms with Crippen molar-refractivity contribution in [2.24, 2.45) is 0 Å². The Hall–Kier alpha value is -0.430. The van der Waals surface area contributed by atoms with E-state index in [1.807, 2.05) is 12.2 Å². The Morgan fingerprint density at radius 3 is 2.14 bits per heavy atom. The highest BCUT2D eigenvalue weighted by molar-refractivity contribution is 7.81. The summed E-state index contributed by atoms with van der Waals surface area (Å²) in [5, 5.41) is 0. The lowest BCUT2D eigenvalue weighted by molar-refractivity contribution is 1.39. The van der Waals surface area contributed by atoms with Crippen molar-refractivity contribution in [3.8, 4) is 0 Å². The normalized spacial score (nSPS) is 18.0. The molecule has 1 rings (SSSR count). The summed E-state index contributed by atoms with van der Waals surface area (Å²) in [7, 11) is 0. The molecule has 0 amide bonds. The van der Waals surface area contributed by atoms with Crippen molar-refractivity contribution < 1.29 is 0 Å². The summed E-state index contributed by atoms with van der Waals surface area (Å²) >= 11 is 4.83. The van der Waals surface area contributed by atoms with E-state index in [0.717, 1.165) is 11.3 Å². The molecule has 0 atom stereocenters. The second-order valence-electron chi connectivity index (χ2n) is 1.44. The molecule has 1 heteroatoms. The lowest BCUT2D eigenvalue weighted by Gasteiger charge is -1.90. The van der Waals surface area contributed by atoms with Crippen LogP contribution in [-0.4, -0.2) is 4.86 Å². The molecule has 0 saturated carbocycles. The molecule has 0 fully saturated rings. The Balaban J connectivity index is 2.66. The van der Waals surface area contributed by atoms with E-state index in [-0.39, 0.29) is 0 Å². The SMILES string of the molecule is S=C1C=CCC=C1. The van der Waals surface area contributed by atoms with E-state index in [0.29, 0.717) is 0 Å². The minimum atomic E-state index is 0.936. The van der Waals surface area contributed by atoms with E-state index < -0.39 is 0 Å². The van der Waals surface area contributed by atoms with E-state index in [9.17, 15) is 0 Å². The van der Waals surface area contributed by atoms with Gasteiger partial charge < -0.3 is 0 Å². The Morgan fingerprint density at radius 1 is 1.29 bits per heavy atom. The third-order valence-corrected chi connectivity index (χ3v) is 1.11. The molecule has 1 aliphatic carbocycles. The van der Waals surface area contributed by atoms with E-state index in [2.05, 4.69) is 12.2 Å². The lowest BCUT2D eigenvalue weighted by atomic mass is 10.2. The quantitative estimate of drug-likeness (QED) is 0.429. The number of hydrogen-bond donors (Lipinski definition) is 0. The Morgan fingerprint density at radius 2 is 1.86 bits per heavy atom.